The molecular formula is C25H32N2O5S. The first kappa shape index (κ1) is 23.6. The number of aryl methyl sites for hydroxylation is 2. The van der Waals surface area contributed by atoms with Gasteiger partial charge in [0.1, 0.15) is 16.4 Å². The van der Waals surface area contributed by atoms with Gasteiger partial charge < -0.3 is 14.8 Å². The van der Waals surface area contributed by atoms with Crippen molar-refractivity contribution in [1.82, 2.24) is 9.62 Å². The predicted octanol–water partition coefficient (Wildman–Crippen LogP) is 4.13. The van der Waals surface area contributed by atoms with Crippen molar-refractivity contribution in [2.24, 2.45) is 0 Å². The normalized spacial score (nSPS) is 21.1. The number of sulfonamides is 1. The standard InChI is InChI=1S/C25H32N2O5S/c1-16-13-17(2)24-20(14-16)21(10-12-32-24)26-25(28)19-8-9-22(31-4)23(15-19)33(29,30)27-11-6-5-7-18(27)3/h8-9,13-15,18,21H,5-7,10-12H2,1-4H3,(H,26,28). The topological polar surface area (TPSA) is 84.9 Å². The molecule has 2 aliphatic rings. The smallest absolute Gasteiger partial charge is 0.251 e. The third kappa shape index (κ3) is 4.59. The number of benzene rings is 2. The molecule has 2 unspecified atom stereocenters. The molecule has 33 heavy (non-hydrogen) atoms. The van der Waals surface area contributed by atoms with Crippen LogP contribution in [0, 0.1) is 13.8 Å². The molecule has 2 aliphatic heterocycles. The highest BCUT2D eigenvalue weighted by Crippen LogP contribution is 2.36. The molecule has 2 aromatic rings. The molecule has 2 heterocycles. The van der Waals surface area contributed by atoms with Crippen LogP contribution in [0.5, 0.6) is 11.5 Å². The first-order valence-electron chi connectivity index (χ1n) is 11.5. The van der Waals surface area contributed by atoms with Crippen LogP contribution in [0.1, 0.15) is 65.7 Å². The van der Waals surface area contributed by atoms with Crippen LogP contribution in [-0.4, -0.2) is 44.9 Å². The Morgan fingerprint density at radius 3 is 2.67 bits per heavy atom. The van der Waals surface area contributed by atoms with E-state index in [2.05, 4.69) is 11.4 Å². The van der Waals surface area contributed by atoms with Crippen molar-refractivity contribution in [3.8, 4) is 11.5 Å². The summed E-state index contributed by atoms with van der Waals surface area (Å²) in [5.74, 6) is 0.735. The highest BCUT2D eigenvalue weighted by atomic mass is 32.2. The zero-order chi connectivity index (χ0) is 23.8. The summed E-state index contributed by atoms with van der Waals surface area (Å²) in [5, 5.41) is 3.08. The maximum Gasteiger partial charge on any atom is 0.251 e. The van der Waals surface area contributed by atoms with Gasteiger partial charge in [-0.15, -0.1) is 0 Å². The molecule has 1 fully saturated rings. The quantitative estimate of drug-likeness (QED) is 0.707. The summed E-state index contributed by atoms with van der Waals surface area (Å²) >= 11 is 0. The summed E-state index contributed by atoms with van der Waals surface area (Å²) in [6, 6.07) is 8.41. The van der Waals surface area contributed by atoms with E-state index in [1.54, 1.807) is 12.1 Å². The lowest BCUT2D eigenvalue weighted by molar-refractivity contribution is 0.0924. The van der Waals surface area contributed by atoms with E-state index < -0.39 is 10.0 Å². The molecule has 8 heteroatoms. The minimum Gasteiger partial charge on any atom is -0.495 e. The molecule has 0 saturated carbocycles. The van der Waals surface area contributed by atoms with Gasteiger partial charge in [0.15, 0.2) is 0 Å². The van der Waals surface area contributed by atoms with Crippen LogP contribution < -0.4 is 14.8 Å². The van der Waals surface area contributed by atoms with Crippen molar-refractivity contribution in [1.29, 1.82) is 0 Å². The van der Waals surface area contributed by atoms with Gasteiger partial charge in [-0.2, -0.15) is 4.31 Å². The third-order valence-electron chi connectivity index (χ3n) is 6.54. The second-order valence-corrected chi connectivity index (χ2v) is 10.8. The minimum atomic E-state index is -3.79. The van der Waals surface area contributed by atoms with Gasteiger partial charge in [0.2, 0.25) is 10.0 Å². The van der Waals surface area contributed by atoms with Crippen molar-refractivity contribution in [2.75, 3.05) is 20.3 Å². The van der Waals surface area contributed by atoms with E-state index in [0.717, 1.165) is 41.7 Å². The number of ether oxygens (including phenoxy) is 2. The Bertz CT molecular complexity index is 1160. The highest BCUT2D eigenvalue weighted by Gasteiger charge is 2.34. The first-order valence-corrected chi connectivity index (χ1v) is 12.9. The van der Waals surface area contributed by atoms with Gasteiger partial charge in [-0.05, 0) is 57.4 Å². The Morgan fingerprint density at radius 2 is 1.94 bits per heavy atom. The Balaban J connectivity index is 1.64. The number of nitrogens with one attached hydrogen (secondary N) is 1. The molecular weight excluding hydrogens is 440 g/mol. The fourth-order valence-electron chi connectivity index (χ4n) is 4.84. The molecule has 2 atom stereocenters. The lowest BCUT2D eigenvalue weighted by Gasteiger charge is -2.32. The number of carbonyl (C=O) groups excluding carboxylic acids is 1. The Hall–Kier alpha value is -2.58. The number of carbonyl (C=O) groups is 1. The second kappa shape index (κ2) is 9.35. The van der Waals surface area contributed by atoms with Gasteiger partial charge in [0.25, 0.3) is 5.91 Å². The lowest BCUT2D eigenvalue weighted by atomic mass is 9.95. The van der Waals surface area contributed by atoms with Gasteiger partial charge in [-0.25, -0.2) is 8.42 Å². The molecule has 0 bridgehead atoms. The molecule has 1 amide bonds. The first-order chi connectivity index (χ1) is 15.7. The van der Waals surface area contributed by atoms with E-state index in [1.807, 2.05) is 26.8 Å². The molecule has 2 aromatic carbocycles. The highest BCUT2D eigenvalue weighted by molar-refractivity contribution is 7.89. The van der Waals surface area contributed by atoms with Crippen molar-refractivity contribution < 1.29 is 22.7 Å². The molecule has 1 N–H and O–H groups in total. The van der Waals surface area contributed by atoms with Crippen molar-refractivity contribution in [3.63, 3.8) is 0 Å². The molecule has 1 saturated heterocycles. The van der Waals surface area contributed by atoms with Crippen LogP contribution >= 0.6 is 0 Å². The van der Waals surface area contributed by atoms with E-state index in [9.17, 15) is 13.2 Å². The van der Waals surface area contributed by atoms with Gasteiger partial charge >= 0.3 is 0 Å². The molecule has 178 valence electrons. The number of piperidine rings is 1. The molecule has 4 rings (SSSR count). The van der Waals surface area contributed by atoms with Gasteiger partial charge in [-0.1, -0.05) is 24.1 Å². The number of hydrogen-bond acceptors (Lipinski definition) is 5. The Kier molecular flexibility index (Phi) is 6.68. The fourth-order valence-corrected chi connectivity index (χ4v) is 6.73. The Morgan fingerprint density at radius 1 is 1.15 bits per heavy atom. The number of methoxy groups -OCH3 is 1. The average Bonchev–Trinajstić information content (AvgIpc) is 2.79. The summed E-state index contributed by atoms with van der Waals surface area (Å²) in [6.07, 6.45) is 3.31. The summed E-state index contributed by atoms with van der Waals surface area (Å²) in [7, 11) is -2.35. The molecule has 0 radical (unpaired) electrons. The van der Waals surface area contributed by atoms with Crippen LogP contribution in [0.25, 0.3) is 0 Å². The number of nitrogens with zero attached hydrogens (tertiary/aromatic N) is 1. The monoisotopic (exact) mass is 472 g/mol. The van der Waals surface area contributed by atoms with E-state index in [4.69, 9.17) is 9.47 Å². The van der Waals surface area contributed by atoms with Crippen LogP contribution in [0.4, 0.5) is 0 Å². The van der Waals surface area contributed by atoms with Gasteiger partial charge in [0, 0.05) is 30.1 Å². The van der Waals surface area contributed by atoms with E-state index >= 15 is 0 Å². The van der Waals surface area contributed by atoms with E-state index in [1.165, 1.54) is 17.5 Å². The van der Waals surface area contributed by atoms with Crippen LogP contribution in [0.15, 0.2) is 35.2 Å². The zero-order valence-electron chi connectivity index (χ0n) is 19.7. The van der Waals surface area contributed by atoms with Crippen LogP contribution in [0.2, 0.25) is 0 Å². The Labute approximate surface area is 196 Å². The van der Waals surface area contributed by atoms with Crippen molar-refractivity contribution in [3.05, 3.63) is 52.6 Å². The third-order valence-corrected chi connectivity index (χ3v) is 8.57. The maximum atomic E-state index is 13.5. The number of fused-ring (bicyclic) bond motifs is 1. The maximum absolute atomic E-state index is 13.5. The van der Waals surface area contributed by atoms with Crippen LogP contribution in [-0.2, 0) is 10.0 Å². The summed E-state index contributed by atoms with van der Waals surface area (Å²) in [5.41, 5.74) is 3.38. The van der Waals surface area contributed by atoms with Gasteiger partial charge in [0.05, 0.1) is 19.8 Å². The largest absolute Gasteiger partial charge is 0.495 e. The molecule has 0 spiro atoms. The average molecular weight is 473 g/mol. The summed E-state index contributed by atoms with van der Waals surface area (Å²) < 4.78 is 39.7. The summed E-state index contributed by atoms with van der Waals surface area (Å²) in [6.45, 7) is 6.92. The van der Waals surface area contributed by atoms with Crippen molar-refractivity contribution in [2.45, 2.75) is 63.4 Å². The summed E-state index contributed by atoms with van der Waals surface area (Å²) in [4.78, 5) is 13.2. The number of rotatable bonds is 5. The fraction of sp³-hybridized carbons (Fsp3) is 0.480. The van der Waals surface area contributed by atoms with Crippen LogP contribution in [0.3, 0.4) is 0 Å². The lowest BCUT2D eigenvalue weighted by Crippen LogP contribution is -2.42. The van der Waals surface area contributed by atoms with Gasteiger partial charge in [-0.3, -0.25) is 4.79 Å². The predicted molar refractivity (Wildman–Crippen MR) is 126 cm³/mol. The van der Waals surface area contributed by atoms with E-state index in [0.29, 0.717) is 19.6 Å². The SMILES string of the molecule is COc1ccc(C(=O)NC2CCOc3c(C)cc(C)cc32)cc1S(=O)(=O)N1CCCCC1C. The van der Waals surface area contributed by atoms with Crippen molar-refractivity contribution >= 4 is 15.9 Å². The molecule has 7 nitrogen and oxygen atoms in total. The molecule has 0 aliphatic carbocycles. The van der Waals surface area contributed by atoms with E-state index in [-0.39, 0.29) is 34.2 Å². The zero-order valence-corrected chi connectivity index (χ0v) is 20.5. The number of hydrogen-bond donors (Lipinski definition) is 1. The number of amides is 1. The second-order valence-electron chi connectivity index (χ2n) is 8.99. The minimum absolute atomic E-state index is 0.0328. The molecule has 0 aromatic heterocycles.